The third-order valence-corrected chi connectivity index (χ3v) is 1.81. The number of hydrogen-bond acceptors (Lipinski definition) is 4. The average molecular weight is 210 g/mol. The highest BCUT2D eigenvalue weighted by atomic mass is 14.9. The number of rotatable bonds is 6. The van der Waals surface area contributed by atoms with Gasteiger partial charge in [0.15, 0.2) is 0 Å². The maximum atomic E-state index is 3.56. The lowest BCUT2D eigenvalue weighted by atomic mass is 10.3. The van der Waals surface area contributed by atoms with Gasteiger partial charge in [-0.25, -0.2) is 15.0 Å². The molecule has 0 bridgehead atoms. The van der Waals surface area contributed by atoms with Gasteiger partial charge in [-0.05, 0) is 25.9 Å². The largest absolute Gasteiger partial charge is 0.317 e. The topological polar surface area (TPSA) is 50.7 Å². The minimum absolute atomic E-state index is 1.20. The molecule has 1 rings (SSSR count). The molecule has 0 atom stereocenters. The second kappa shape index (κ2) is 13.0. The summed E-state index contributed by atoms with van der Waals surface area (Å²) in [6, 6.07) is 0. The van der Waals surface area contributed by atoms with Crippen LogP contribution in [-0.2, 0) is 0 Å². The van der Waals surface area contributed by atoms with Crippen molar-refractivity contribution in [3.05, 3.63) is 19.0 Å². The molecule has 0 spiro atoms. The number of aromatic nitrogens is 3. The summed E-state index contributed by atoms with van der Waals surface area (Å²) >= 11 is 0. The van der Waals surface area contributed by atoms with Crippen LogP contribution in [0.25, 0.3) is 0 Å². The van der Waals surface area contributed by atoms with Crippen LogP contribution >= 0.6 is 0 Å². The highest BCUT2D eigenvalue weighted by Gasteiger charge is 1.83. The van der Waals surface area contributed by atoms with Gasteiger partial charge < -0.3 is 5.32 Å². The third-order valence-electron chi connectivity index (χ3n) is 1.81. The Labute approximate surface area is 92.6 Å². The zero-order chi connectivity index (χ0) is 11.2. The van der Waals surface area contributed by atoms with Gasteiger partial charge in [0, 0.05) is 0 Å². The summed E-state index contributed by atoms with van der Waals surface area (Å²) in [5, 5.41) is 3.39. The summed E-state index contributed by atoms with van der Waals surface area (Å²) in [4.78, 5) is 10.7. The quantitative estimate of drug-likeness (QED) is 0.730. The Hall–Kier alpha value is -1.03. The Balaban J connectivity index is 0.000000280. The number of nitrogens with zero attached hydrogens (tertiary/aromatic N) is 3. The fourth-order valence-corrected chi connectivity index (χ4v) is 0.933. The monoisotopic (exact) mass is 210 g/mol. The van der Waals surface area contributed by atoms with E-state index in [2.05, 4.69) is 34.1 Å². The van der Waals surface area contributed by atoms with Crippen LogP contribution in [0.15, 0.2) is 19.0 Å². The summed E-state index contributed by atoms with van der Waals surface area (Å²) in [5.41, 5.74) is 0. The SMILES string of the molecule is CCCCNCCCC.c1ncncn1. The zero-order valence-electron chi connectivity index (χ0n) is 9.82. The molecule has 0 aliphatic rings. The molecule has 0 unspecified atom stereocenters. The van der Waals surface area contributed by atoms with Gasteiger partial charge in [-0.3, -0.25) is 0 Å². The smallest absolute Gasteiger partial charge is 0.119 e. The third kappa shape index (κ3) is 13.0. The normalized spacial score (nSPS) is 9.20. The molecule has 4 nitrogen and oxygen atoms in total. The summed E-state index contributed by atoms with van der Waals surface area (Å²) in [7, 11) is 0. The molecule has 1 aromatic rings. The lowest BCUT2D eigenvalue weighted by molar-refractivity contribution is 0.611. The van der Waals surface area contributed by atoms with Gasteiger partial charge in [0.05, 0.1) is 0 Å². The highest BCUT2D eigenvalue weighted by molar-refractivity contribution is 4.51. The standard InChI is InChI=1S/C8H19N.C3H3N3/c1-3-5-7-9-8-6-4-2;1-4-2-6-3-5-1/h9H,3-8H2,1-2H3;1-3H. The molecule has 15 heavy (non-hydrogen) atoms. The number of nitrogens with one attached hydrogen (secondary N) is 1. The van der Waals surface area contributed by atoms with Crippen molar-refractivity contribution in [3.63, 3.8) is 0 Å². The second-order valence-electron chi connectivity index (χ2n) is 3.25. The Kier molecular flexibility index (Phi) is 12.1. The molecule has 0 saturated heterocycles. The van der Waals surface area contributed by atoms with E-state index >= 15 is 0 Å². The first-order valence-corrected chi connectivity index (χ1v) is 5.67. The first-order valence-electron chi connectivity index (χ1n) is 5.67. The van der Waals surface area contributed by atoms with E-state index in [0.717, 1.165) is 0 Å². The fourth-order valence-electron chi connectivity index (χ4n) is 0.933. The van der Waals surface area contributed by atoms with Crippen molar-refractivity contribution in [2.75, 3.05) is 13.1 Å². The molecule has 1 aromatic heterocycles. The summed E-state index contributed by atoms with van der Waals surface area (Å²) < 4.78 is 0. The Bertz CT molecular complexity index is 158. The Morgan fingerprint density at radius 3 is 1.47 bits per heavy atom. The van der Waals surface area contributed by atoms with Crippen molar-refractivity contribution in [2.45, 2.75) is 39.5 Å². The number of unbranched alkanes of at least 4 members (excludes halogenated alkanes) is 2. The van der Waals surface area contributed by atoms with E-state index in [1.807, 2.05) is 0 Å². The van der Waals surface area contributed by atoms with Crippen molar-refractivity contribution < 1.29 is 0 Å². The minimum atomic E-state index is 1.20. The molecular formula is C11H22N4. The van der Waals surface area contributed by atoms with Gasteiger partial charge in [-0.15, -0.1) is 0 Å². The van der Waals surface area contributed by atoms with E-state index in [-0.39, 0.29) is 0 Å². The Morgan fingerprint density at radius 2 is 1.20 bits per heavy atom. The van der Waals surface area contributed by atoms with Crippen LogP contribution in [0, 0.1) is 0 Å². The summed E-state index contributed by atoms with van der Waals surface area (Å²) in [6.45, 7) is 6.86. The molecule has 0 aliphatic carbocycles. The molecule has 1 heterocycles. The van der Waals surface area contributed by atoms with Crippen LogP contribution in [0.3, 0.4) is 0 Å². The summed E-state index contributed by atoms with van der Waals surface area (Å²) in [6.07, 6.45) is 9.57. The summed E-state index contributed by atoms with van der Waals surface area (Å²) in [5.74, 6) is 0. The van der Waals surface area contributed by atoms with Crippen LogP contribution in [0.5, 0.6) is 0 Å². The number of hydrogen-bond donors (Lipinski definition) is 1. The molecular weight excluding hydrogens is 188 g/mol. The Morgan fingerprint density at radius 1 is 0.800 bits per heavy atom. The molecule has 0 saturated carbocycles. The van der Waals surface area contributed by atoms with Gasteiger partial charge in [-0.2, -0.15) is 0 Å². The fraction of sp³-hybridized carbons (Fsp3) is 0.727. The molecule has 0 aliphatic heterocycles. The first kappa shape index (κ1) is 14.0. The lowest BCUT2D eigenvalue weighted by Gasteiger charge is -1.99. The van der Waals surface area contributed by atoms with Gasteiger partial charge in [0.2, 0.25) is 0 Å². The lowest BCUT2D eigenvalue weighted by Crippen LogP contribution is -2.15. The van der Waals surface area contributed by atoms with Crippen LogP contribution in [0.1, 0.15) is 39.5 Å². The van der Waals surface area contributed by atoms with E-state index in [1.54, 1.807) is 0 Å². The van der Waals surface area contributed by atoms with Crippen LogP contribution in [0.2, 0.25) is 0 Å². The molecule has 86 valence electrons. The predicted molar refractivity (Wildman–Crippen MR) is 62.5 cm³/mol. The van der Waals surface area contributed by atoms with Crippen molar-refractivity contribution in [2.24, 2.45) is 0 Å². The van der Waals surface area contributed by atoms with E-state index in [4.69, 9.17) is 0 Å². The van der Waals surface area contributed by atoms with Crippen molar-refractivity contribution in [3.8, 4) is 0 Å². The minimum Gasteiger partial charge on any atom is -0.317 e. The maximum Gasteiger partial charge on any atom is 0.119 e. The maximum absolute atomic E-state index is 3.56. The van der Waals surface area contributed by atoms with Gasteiger partial charge in [0.1, 0.15) is 19.0 Å². The van der Waals surface area contributed by atoms with Crippen molar-refractivity contribution in [1.82, 2.24) is 20.3 Å². The van der Waals surface area contributed by atoms with E-state index in [0.29, 0.717) is 0 Å². The van der Waals surface area contributed by atoms with E-state index in [9.17, 15) is 0 Å². The zero-order valence-corrected chi connectivity index (χ0v) is 9.82. The van der Waals surface area contributed by atoms with Gasteiger partial charge in [-0.1, -0.05) is 26.7 Å². The van der Waals surface area contributed by atoms with E-state index in [1.165, 1.54) is 57.8 Å². The second-order valence-corrected chi connectivity index (χ2v) is 3.25. The van der Waals surface area contributed by atoms with Crippen molar-refractivity contribution >= 4 is 0 Å². The average Bonchev–Trinajstić information content (AvgIpc) is 2.32. The first-order chi connectivity index (χ1) is 7.41. The van der Waals surface area contributed by atoms with Gasteiger partial charge >= 0.3 is 0 Å². The molecule has 0 aromatic carbocycles. The van der Waals surface area contributed by atoms with E-state index < -0.39 is 0 Å². The van der Waals surface area contributed by atoms with Crippen LogP contribution in [-0.4, -0.2) is 28.0 Å². The van der Waals surface area contributed by atoms with Gasteiger partial charge in [0.25, 0.3) is 0 Å². The predicted octanol–water partition coefficient (Wildman–Crippen LogP) is 2.05. The van der Waals surface area contributed by atoms with Crippen molar-refractivity contribution in [1.29, 1.82) is 0 Å². The molecule has 0 amide bonds. The molecule has 0 fully saturated rings. The highest BCUT2D eigenvalue weighted by Crippen LogP contribution is 1.85. The van der Waals surface area contributed by atoms with Crippen LogP contribution in [0.4, 0.5) is 0 Å². The molecule has 0 radical (unpaired) electrons. The molecule has 1 N–H and O–H groups in total. The molecule has 4 heteroatoms. The van der Waals surface area contributed by atoms with Crippen LogP contribution < -0.4 is 5.32 Å².